The van der Waals surface area contributed by atoms with Crippen LogP contribution in [0, 0.1) is 11.8 Å². The summed E-state index contributed by atoms with van der Waals surface area (Å²) in [6, 6.07) is 11.8. The molecule has 0 radical (unpaired) electrons. The molecule has 2 saturated heterocycles. The number of sulfonamides is 1. The second-order valence-corrected chi connectivity index (χ2v) is 11.5. The highest BCUT2D eigenvalue weighted by Crippen LogP contribution is 2.33. The van der Waals surface area contributed by atoms with Gasteiger partial charge in [-0.25, -0.2) is 13.2 Å². The second kappa shape index (κ2) is 12.4. The number of nitrogens with one attached hydrogen (secondary N) is 1. The van der Waals surface area contributed by atoms with E-state index in [1.807, 2.05) is 0 Å². The van der Waals surface area contributed by atoms with Crippen LogP contribution in [-0.2, 0) is 30.7 Å². The number of carbonyl (C=O) groups excluding carboxylic acids is 1. The van der Waals surface area contributed by atoms with Crippen LogP contribution in [0.4, 0.5) is 10.5 Å². The Morgan fingerprint density at radius 3 is 2.66 bits per heavy atom. The van der Waals surface area contributed by atoms with E-state index >= 15 is 0 Å². The van der Waals surface area contributed by atoms with Crippen LogP contribution in [-0.4, -0.2) is 74.7 Å². The van der Waals surface area contributed by atoms with Gasteiger partial charge in [0.1, 0.15) is 6.08 Å². The molecule has 2 aromatic carbocycles. The molecule has 1 amide bonds. The summed E-state index contributed by atoms with van der Waals surface area (Å²) in [6.45, 7) is -0.257. The summed E-state index contributed by atoms with van der Waals surface area (Å²) in [6.07, 6.45) is -6.78. The molecule has 2 heterocycles. The van der Waals surface area contributed by atoms with Gasteiger partial charge in [-0.05, 0) is 48.6 Å². The van der Waals surface area contributed by atoms with Gasteiger partial charge in [0.25, 0.3) is 0 Å². The lowest BCUT2D eigenvalue weighted by molar-refractivity contribution is -0.0907. The highest BCUT2D eigenvalue weighted by molar-refractivity contribution is 7.89. The normalized spacial score (nSPS) is 27.5. The molecule has 4 rings (SSSR count). The highest BCUT2D eigenvalue weighted by atomic mass is 32.2. The molecule has 5 atom stereocenters. The number of rotatable bonds is 11. The summed E-state index contributed by atoms with van der Waals surface area (Å²) in [5, 5.41) is 14.0. The van der Waals surface area contributed by atoms with E-state index in [9.17, 15) is 18.3 Å². The molecule has 0 saturated carbocycles. The number of aliphatic hydroxyl groups is 1. The van der Waals surface area contributed by atoms with Crippen LogP contribution in [0.5, 0.6) is 0 Å². The molecule has 11 heteroatoms. The van der Waals surface area contributed by atoms with Gasteiger partial charge in [0.2, 0.25) is 10.0 Å². The lowest BCUT2D eigenvalue weighted by Gasteiger charge is -2.31. The fourth-order valence-electron chi connectivity index (χ4n) is 4.28. The first-order valence-corrected chi connectivity index (χ1v) is 13.9. The largest absolute Gasteiger partial charge is 0.443 e. The Morgan fingerprint density at radius 1 is 1.26 bits per heavy atom. The Labute approximate surface area is 229 Å². The first-order valence-electron chi connectivity index (χ1n) is 14.5. The first kappa shape index (κ1) is 23.2. The second-order valence-electron chi connectivity index (χ2n) is 9.68. The Hall–Kier alpha value is -2.70. The van der Waals surface area contributed by atoms with Crippen LogP contribution in [0.2, 0.25) is 0 Å². The van der Waals surface area contributed by atoms with Gasteiger partial charge in [-0.2, -0.15) is 4.31 Å². The number of benzene rings is 2. The number of hydrogen-bond acceptors (Lipinski definition) is 8. The fraction of sp³-hybridized carbons (Fsp3) is 0.519. The molecule has 0 spiro atoms. The van der Waals surface area contributed by atoms with Crippen molar-refractivity contribution in [2.24, 2.45) is 11.8 Å². The van der Waals surface area contributed by atoms with Gasteiger partial charge in [-0.1, -0.05) is 44.2 Å². The number of nitrogens with two attached hydrogens (primary N) is 1. The molecular weight excluding hydrogens is 510 g/mol. The molecule has 2 aliphatic rings. The quantitative estimate of drug-likeness (QED) is 0.362. The number of fused-ring (bicyclic) bond motifs is 1. The number of hydrogen-bond donors (Lipinski definition) is 3. The van der Waals surface area contributed by atoms with Crippen molar-refractivity contribution in [1.82, 2.24) is 9.62 Å². The minimum absolute atomic E-state index is 0.257. The van der Waals surface area contributed by atoms with E-state index in [4.69, 9.17) is 25.4 Å². The zero-order valence-corrected chi connectivity index (χ0v) is 22.2. The smallest absolute Gasteiger partial charge is 0.407 e. The van der Waals surface area contributed by atoms with Crippen molar-refractivity contribution in [3.63, 3.8) is 0 Å². The summed E-state index contributed by atoms with van der Waals surface area (Å²) < 4.78 is 79.6. The Morgan fingerprint density at radius 2 is 1.97 bits per heavy atom. The zero-order valence-electron chi connectivity index (χ0n) is 25.4. The maximum absolute atomic E-state index is 13.7. The molecule has 0 aromatic heterocycles. The topological polar surface area (TPSA) is 140 Å². The van der Waals surface area contributed by atoms with Crippen LogP contribution in [0.1, 0.15) is 31.3 Å². The average molecular weight is 552 g/mol. The Balaban J connectivity index is 1.68. The molecule has 0 aliphatic carbocycles. The highest BCUT2D eigenvalue weighted by Gasteiger charge is 2.44. The van der Waals surface area contributed by atoms with Crippen molar-refractivity contribution >= 4 is 21.8 Å². The van der Waals surface area contributed by atoms with E-state index in [2.05, 4.69) is 5.32 Å². The first-order chi connectivity index (χ1) is 19.6. The van der Waals surface area contributed by atoms with Gasteiger partial charge in [0.15, 0.2) is 6.29 Å². The summed E-state index contributed by atoms with van der Waals surface area (Å²) in [5.41, 5.74) is 6.52. The van der Waals surface area contributed by atoms with Crippen LogP contribution >= 0.6 is 0 Å². The maximum atomic E-state index is 13.7. The zero-order chi connectivity index (χ0) is 30.9. The van der Waals surface area contributed by atoms with Crippen LogP contribution in [0.15, 0.2) is 59.5 Å². The number of alkyl carbamates (subject to hydrolysis) is 1. The summed E-state index contributed by atoms with van der Waals surface area (Å²) >= 11 is 0. The van der Waals surface area contributed by atoms with Crippen LogP contribution in [0.3, 0.4) is 0 Å². The van der Waals surface area contributed by atoms with Gasteiger partial charge in [-0.3, -0.25) is 0 Å². The number of nitrogens with zero attached hydrogens (tertiary/aromatic N) is 1. The van der Waals surface area contributed by atoms with Crippen molar-refractivity contribution in [3.8, 4) is 0 Å². The van der Waals surface area contributed by atoms with Gasteiger partial charge in [-0.15, -0.1) is 0 Å². The molecule has 0 bridgehead atoms. The van der Waals surface area contributed by atoms with E-state index in [0.29, 0.717) is 28.6 Å². The Bertz CT molecular complexity index is 1350. The van der Waals surface area contributed by atoms with Crippen molar-refractivity contribution in [3.05, 3.63) is 60.2 Å². The van der Waals surface area contributed by atoms with Crippen molar-refractivity contribution in [2.75, 3.05) is 32.0 Å². The Kier molecular flexibility index (Phi) is 7.60. The monoisotopic (exact) mass is 551 g/mol. The van der Waals surface area contributed by atoms with Gasteiger partial charge < -0.3 is 30.4 Å². The standard InChI is InChI=1S/C27H37N3O7S/c1-18(2)15-30(38(33,34)21-10-8-20(28)9-11-21)16-24(31)23(14-19-6-4-3-5-7-19)29-27(32)37-25-17-36-26-22(25)12-13-35-26/h3-11,18,22-26,31H,12-17,28H2,1-2H3,(H,29,32)/t22-,23-,24+,25-,26+/m0/s1/i16D2,24D,25D. The minimum Gasteiger partial charge on any atom is -0.443 e. The SMILES string of the molecule is [2H]C([2H])(N(CC(C)C)S(=O)(=O)c1ccc(N)cc1)[C@@]([2H])(O)[C@H](Cc1ccccc1)NC(=O)O[C@@]1([2H])CO[C@H]2OCC[C@H]21. The summed E-state index contributed by atoms with van der Waals surface area (Å²) in [5.74, 6) is -0.958. The lowest BCUT2D eigenvalue weighted by atomic mass is 10.0. The van der Waals surface area contributed by atoms with Crippen LogP contribution in [0.25, 0.3) is 0 Å². The lowest BCUT2D eigenvalue weighted by Crippen LogP contribution is -2.51. The molecule has 0 unspecified atom stereocenters. The van der Waals surface area contributed by atoms with Crippen LogP contribution < -0.4 is 11.1 Å². The average Bonchev–Trinajstić information content (AvgIpc) is 3.51. The van der Waals surface area contributed by atoms with E-state index in [1.54, 1.807) is 44.2 Å². The molecular formula is C27H37N3O7S. The minimum atomic E-state index is -4.61. The molecule has 2 aromatic rings. The maximum Gasteiger partial charge on any atom is 0.407 e. The van der Waals surface area contributed by atoms with E-state index in [0.717, 1.165) is 0 Å². The third-order valence-corrected chi connectivity index (χ3v) is 7.90. The molecule has 2 aliphatic heterocycles. The number of nitrogen functional groups attached to an aromatic ring is 1. The van der Waals surface area contributed by atoms with E-state index in [-0.39, 0.29) is 24.5 Å². The van der Waals surface area contributed by atoms with Gasteiger partial charge in [0, 0.05) is 21.5 Å². The number of anilines is 1. The number of ether oxygens (including phenoxy) is 3. The summed E-state index contributed by atoms with van der Waals surface area (Å²) in [7, 11) is -4.61. The number of carbonyl (C=O) groups is 1. The van der Waals surface area contributed by atoms with Gasteiger partial charge in [0.05, 0.1) is 38.9 Å². The third kappa shape index (κ3) is 7.03. The predicted octanol–water partition coefficient (Wildman–Crippen LogP) is 2.38. The predicted molar refractivity (Wildman–Crippen MR) is 142 cm³/mol. The molecule has 2 fully saturated rings. The van der Waals surface area contributed by atoms with Crippen molar-refractivity contribution in [1.29, 1.82) is 0 Å². The molecule has 4 N–H and O–H groups in total. The summed E-state index contributed by atoms with van der Waals surface area (Å²) in [4.78, 5) is 12.9. The van der Waals surface area contributed by atoms with E-state index < -0.39 is 58.9 Å². The van der Waals surface area contributed by atoms with Crippen molar-refractivity contribution in [2.45, 2.75) is 56.1 Å². The molecule has 208 valence electrons. The molecule has 38 heavy (non-hydrogen) atoms. The fourth-order valence-corrected chi connectivity index (χ4v) is 5.72. The third-order valence-electron chi connectivity index (χ3n) is 6.21. The van der Waals surface area contributed by atoms with Crippen molar-refractivity contribution < 1.29 is 38.0 Å². The molecule has 10 nitrogen and oxygen atoms in total. The van der Waals surface area contributed by atoms with Gasteiger partial charge >= 0.3 is 6.09 Å². The number of amides is 1. The van der Waals surface area contributed by atoms with E-state index in [1.165, 1.54) is 24.3 Å².